The quantitative estimate of drug-likeness (QED) is 0.545. The van der Waals surface area contributed by atoms with Crippen molar-refractivity contribution in [1.82, 2.24) is 15.6 Å². The van der Waals surface area contributed by atoms with Crippen LogP contribution in [0, 0.1) is 0 Å². The molecule has 2 N–H and O–H groups in total. The summed E-state index contributed by atoms with van der Waals surface area (Å²) in [7, 11) is 1.64. The van der Waals surface area contributed by atoms with Gasteiger partial charge in [-0.15, -0.1) is 0 Å². The maximum Gasteiger partial charge on any atom is 0.417 e. The molecule has 6 nitrogen and oxygen atoms in total. The van der Waals surface area contributed by atoms with Crippen molar-refractivity contribution in [2.75, 3.05) is 38.2 Å². The van der Waals surface area contributed by atoms with E-state index >= 15 is 0 Å². The van der Waals surface area contributed by atoms with Gasteiger partial charge in [0, 0.05) is 39.0 Å². The molecule has 10 heteroatoms. The minimum absolute atomic E-state index is 0.00195. The van der Waals surface area contributed by atoms with Crippen LogP contribution in [0.1, 0.15) is 32.8 Å². The topological polar surface area (TPSA) is 61.8 Å². The standard InChI is InChI=1S/C18H27ClF3N5O/c1-5-23-16(25-11-17(2,3)28-4)26-13-6-7-27(10-13)15-14(19)8-12(9-24-15)18(20,21)22/h8-9,13H,5-7,10-11H2,1-4H3,(H2,23,25,26). The molecular weight excluding hydrogens is 395 g/mol. The monoisotopic (exact) mass is 421 g/mol. The molecule has 2 rings (SSSR count). The van der Waals surface area contributed by atoms with E-state index in [2.05, 4.69) is 20.6 Å². The number of methoxy groups -OCH3 is 1. The van der Waals surface area contributed by atoms with Crippen LogP contribution in [0.25, 0.3) is 0 Å². The fourth-order valence-corrected chi connectivity index (χ4v) is 3.02. The van der Waals surface area contributed by atoms with Crippen molar-refractivity contribution >= 4 is 23.4 Å². The van der Waals surface area contributed by atoms with Crippen LogP contribution in [0.4, 0.5) is 19.0 Å². The summed E-state index contributed by atoms with van der Waals surface area (Å²) in [5.41, 5.74) is -1.22. The zero-order chi connectivity index (χ0) is 20.9. The minimum Gasteiger partial charge on any atom is -0.377 e. The second kappa shape index (κ2) is 9.17. The largest absolute Gasteiger partial charge is 0.417 e. The molecule has 1 aromatic rings. The Kier molecular flexibility index (Phi) is 7.39. The number of guanidine groups is 1. The first-order chi connectivity index (χ1) is 13.1. The number of ether oxygens (including phenoxy) is 1. The molecule has 0 aromatic carbocycles. The lowest BCUT2D eigenvalue weighted by Crippen LogP contribution is -2.45. The number of pyridine rings is 1. The lowest BCUT2D eigenvalue weighted by Gasteiger charge is -2.23. The van der Waals surface area contributed by atoms with Crippen molar-refractivity contribution in [3.8, 4) is 0 Å². The Balaban J connectivity index is 2.03. The molecule has 1 unspecified atom stereocenters. The van der Waals surface area contributed by atoms with Gasteiger partial charge in [0.25, 0.3) is 0 Å². The molecule has 158 valence electrons. The number of hydrogen-bond donors (Lipinski definition) is 2. The zero-order valence-corrected chi connectivity index (χ0v) is 17.3. The highest BCUT2D eigenvalue weighted by molar-refractivity contribution is 6.33. The smallest absolute Gasteiger partial charge is 0.377 e. The van der Waals surface area contributed by atoms with Gasteiger partial charge >= 0.3 is 6.18 Å². The molecule has 0 saturated carbocycles. The Morgan fingerprint density at radius 3 is 2.71 bits per heavy atom. The summed E-state index contributed by atoms with van der Waals surface area (Å²) in [6.07, 6.45) is -2.85. The second-order valence-corrected chi connectivity index (χ2v) is 7.67. The predicted octanol–water partition coefficient (Wildman–Crippen LogP) is 3.31. The van der Waals surface area contributed by atoms with E-state index in [1.165, 1.54) is 0 Å². The maximum absolute atomic E-state index is 12.8. The predicted molar refractivity (Wildman–Crippen MR) is 105 cm³/mol. The average Bonchev–Trinajstić information content (AvgIpc) is 3.07. The third-order valence-electron chi connectivity index (χ3n) is 4.49. The van der Waals surface area contributed by atoms with Crippen molar-refractivity contribution in [3.63, 3.8) is 0 Å². The molecule has 0 aliphatic carbocycles. The molecule has 1 fully saturated rings. The van der Waals surface area contributed by atoms with Gasteiger partial charge in [0.15, 0.2) is 5.96 Å². The highest BCUT2D eigenvalue weighted by atomic mass is 35.5. The number of aliphatic imine (C=N–C) groups is 1. The van der Waals surface area contributed by atoms with Gasteiger partial charge in [-0.3, -0.25) is 4.99 Å². The number of hydrogen-bond acceptors (Lipinski definition) is 4. The van der Waals surface area contributed by atoms with E-state index in [9.17, 15) is 13.2 Å². The Bertz CT molecular complexity index is 696. The minimum atomic E-state index is -4.46. The Hall–Kier alpha value is -1.74. The lowest BCUT2D eigenvalue weighted by atomic mass is 10.1. The molecule has 0 radical (unpaired) electrons. The van der Waals surface area contributed by atoms with Crippen LogP contribution in [0.3, 0.4) is 0 Å². The molecular formula is C18H27ClF3N5O. The molecule has 0 bridgehead atoms. The van der Waals surface area contributed by atoms with Crippen LogP contribution < -0.4 is 15.5 Å². The van der Waals surface area contributed by atoms with Gasteiger partial charge < -0.3 is 20.3 Å². The summed E-state index contributed by atoms with van der Waals surface area (Å²) in [6, 6.07) is 0.992. The number of anilines is 1. The third-order valence-corrected chi connectivity index (χ3v) is 4.77. The lowest BCUT2D eigenvalue weighted by molar-refractivity contribution is -0.137. The number of rotatable bonds is 6. The molecule has 1 aliphatic rings. The molecule has 0 spiro atoms. The molecule has 1 aromatic heterocycles. The molecule has 28 heavy (non-hydrogen) atoms. The first-order valence-corrected chi connectivity index (χ1v) is 9.51. The fraction of sp³-hybridized carbons (Fsp3) is 0.667. The van der Waals surface area contributed by atoms with Crippen molar-refractivity contribution in [3.05, 3.63) is 22.8 Å². The Morgan fingerprint density at radius 2 is 2.14 bits per heavy atom. The van der Waals surface area contributed by atoms with Gasteiger partial charge in [-0.05, 0) is 33.3 Å². The van der Waals surface area contributed by atoms with Crippen LogP contribution >= 0.6 is 11.6 Å². The highest BCUT2D eigenvalue weighted by Crippen LogP contribution is 2.34. The van der Waals surface area contributed by atoms with Gasteiger partial charge in [-0.2, -0.15) is 13.2 Å². The Morgan fingerprint density at radius 1 is 1.43 bits per heavy atom. The summed E-state index contributed by atoms with van der Waals surface area (Å²) in [6.45, 7) is 8.29. The fourth-order valence-electron chi connectivity index (χ4n) is 2.74. The van der Waals surface area contributed by atoms with Gasteiger partial charge in [-0.1, -0.05) is 11.6 Å². The number of aromatic nitrogens is 1. The van der Waals surface area contributed by atoms with Gasteiger partial charge in [0.2, 0.25) is 0 Å². The first-order valence-electron chi connectivity index (χ1n) is 9.13. The van der Waals surface area contributed by atoms with Crippen LogP contribution in [0.15, 0.2) is 17.3 Å². The normalized spacial score (nSPS) is 18.5. The van der Waals surface area contributed by atoms with Crippen LogP contribution in [0.5, 0.6) is 0 Å². The molecule has 1 saturated heterocycles. The highest BCUT2D eigenvalue weighted by Gasteiger charge is 2.33. The second-order valence-electron chi connectivity index (χ2n) is 7.26. The van der Waals surface area contributed by atoms with Crippen LogP contribution in [-0.2, 0) is 10.9 Å². The van der Waals surface area contributed by atoms with E-state index in [-0.39, 0.29) is 16.7 Å². The van der Waals surface area contributed by atoms with Crippen molar-refractivity contribution < 1.29 is 17.9 Å². The van der Waals surface area contributed by atoms with E-state index < -0.39 is 11.7 Å². The summed E-state index contributed by atoms with van der Waals surface area (Å²) in [5, 5.41) is 6.55. The third kappa shape index (κ3) is 6.13. The van der Waals surface area contributed by atoms with Crippen molar-refractivity contribution in [2.45, 2.75) is 45.0 Å². The molecule has 1 aliphatic heterocycles. The zero-order valence-electron chi connectivity index (χ0n) is 16.5. The van der Waals surface area contributed by atoms with E-state index in [0.29, 0.717) is 38.0 Å². The van der Waals surface area contributed by atoms with E-state index in [1.807, 2.05) is 25.7 Å². The summed E-state index contributed by atoms with van der Waals surface area (Å²) >= 11 is 6.06. The van der Waals surface area contributed by atoms with Gasteiger partial charge in [-0.25, -0.2) is 4.98 Å². The van der Waals surface area contributed by atoms with Crippen LogP contribution in [0.2, 0.25) is 5.02 Å². The Labute approximate surface area is 168 Å². The molecule has 1 atom stereocenters. The maximum atomic E-state index is 12.8. The van der Waals surface area contributed by atoms with E-state index in [0.717, 1.165) is 18.7 Å². The van der Waals surface area contributed by atoms with Crippen molar-refractivity contribution in [1.29, 1.82) is 0 Å². The summed E-state index contributed by atoms with van der Waals surface area (Å²) in [5.74, 6) is 1.03. The van der Waals surface area contributed by atoms with E-state index in [1.54, 1.807) is 7.11 Å². The summed E-state index contributed by atoms with van der Waals surface area (Å²) < 4.78 is 43.7. The summed E-state index contributed by atoms with van der Waals surface area (Å²) in [4.78, 5) is 10.4. The number of alkyl halides is 3. The molecule has 0 amide bonds. The number of halogens is 4. The average molecular weight is 422 g/mol. The number of nitrogens with zero attached hydrogens (tertiary/aromatic N) is 3. The SMILES string of the molecule is CCNC(=NCC(C)(C)OC)NC1CCN(c2ncc(C(F)(F)F)cc2Cl)C1. The van der Waals surface area contributed by atoms with E-state index in [4.69, 9.17) is 16.3 Å². The van der Waals surface area contributed by atoms with Gasteiger partial charge in [0.1, 0.15) is 5.82 Å². The first kappa shape index (κ1) is 22.5. The molecule has 2 heterocycles. The van der Waals surface area contributed by atoms with Crippen molar-refractivity contribution in [2.24, 2.45) is 4.99 Å². The van der Waals surface area contributed by atoms with Gasteiger partial charge in [0.05, 0.1) is 22.7 Å². The van der Waals surface area contributed by atoms with Crippen LogP contribution in [-0.4, -0.2) is 55.9 Å². The number of nitrogens with one attached hydrogen (secondary N) is 2.